The van der Waals surface area contributed by atoms with Crippen LogP contribution in [0.2, 0.25) is 0 Å². The zero-order chi connectivity index (χ0) is 22.2. The van der Waals surface area contributed by atoms with Gasteiger partial charge in [-0.05, 0) is 29.3 Å². The fraction of sp³-hybridized carbons (Fsp3) is 0.115. The van der Waals surface area contributed by atoms with Crippen LogP contribution in [0, 0.1) is 0 Å². The van der Waals surface area contributed by atoms with Gasteiger partial charge in [-0.2, -0.15) is 0 Å². The van der Waals surface area contributed by atoms with E-state index in [2.05, 4.69) is 20.5 Å². The number of Topliss-reactive ketones (excluding diaryl/α,β-unsaturated/α-hetero) is 1. The zero-order valence-corrected chi connectivity index (χ0v) is 17.6. The van der Waals surface area contributed by atoms with Crippen LogP contribution in [0.1, 0.15) is 22.3 Å². The summed E-state index contributed by atoms with van der Waals surface area (Å²) in [6.45, 7) is 0. The monoisotopic (exact) mass is 433 g/mol. The van der Waals surface area contributed by atoms with Crippen LogP contribution < -0.4 is 5.32 Å². The van der Waals surface area contributed by atoms with E-state index in [-0.39, 0.29) is 18.2 Å². The first-order chi connectivity index (χ1) is 16.2. The molecule has 0 saturated carbocycles. The molecule has 0 aliphatic carbocycles. The summed E-state index contributed by atoms with van der Waals surface area (Å²) in [7, 11) is 0. The number of benzene rings is 3. The molecule has 3 aromatic carbocycles. The number of fused-ring (bicyclic) bond motifs is 2. The molecule has 0 spiro atoms. The highest BCUT2D eigenvalue weighted by Gasteiger charge is 2.27. The summed E-state index contributed by atoms with van der Waals surface area (Å²) in [6, 6.07) is 23.7. The molecule has 7 heteroatoms. The highest BCUT2D eigenvalue weighted by atomic mass is 16.4. The average molecular weight is 433 g/mol. The predicted octanol–water partition coefficient (Wildman–Crippen LogP) is 4.40. The number of carbonyl (C=O) groups excluding carboxylic acids is 1. The molecule has 0 radical (unpaired) electrons. The van der Waals surface area contributed by atoms with Gasteiger partial charge in [-0.1, -0.05) is 59.7 Å². The zero-order valence-electron chi connectivity index (χ0n) is 17.6. The summed E-state index contributed by atoms with van der Waals surface area (Å²) in [5, 5.41) is 11.3. The summed E-state index contributed by atoms with van der Waals surface area (Å²) in [5.74, 6) is 0.312. The van der Waals surface area contributed by atoms with Gasteiger partial charge in [0.05, 0.1) is 11.4 Å². The minimum Gasteiger partial charge on any atom is -0.403 e. The van der Waals surface area contributed by atoms with E-state index in [0.29, 0.717) is 5.89 Å². The third-order valence-corrected chi connectivity index (χ3v) is 5.80. The lowest BCUT2D eigenvalue weighted by atomic mass is 9.96. The van der Waals surface area contributed by atoms with E-state index in [9.17, 15) is 4.79 Å². The Morgan fingerprint density at radius 3 is 2.64 bits per heavy atom. The van der Waals surface area contributed by atoms with Crippen LogP contribution in [0.5, 0.6) is 0 Å². The highest BCUT2D eigenvalue weighted by molar-refractivity contribution is 6.16. The first-order valence-electron chi connectivity index (χ1n) is 10.7. The molecule has 1 aromatic heterocycles. The number of hydrogen-bond acceptors (Lipinski definition) is 7. The lowest BCUT2D eigenvalue weighted by Gasteiger charge is -2.11. The van der Waals surface area contributed by atoms with Crippen molar-refractivity contribution >= 4 is 29.4 Å². The highest BCUT2D eigenvalue weighted by Crippen LogP contribution is 2.30. The molecule has 1 N–H and O–H groups in total. The summed E-state index contributed by atoms with van der Waals surface area (Å²) in [6.07, 6.45) is 2.10. The quantitative estimate of drug-likeness (QED) is 0.515. The Balaban J connectivity index is 1.33. The van der Waals surface area contributed by atoms with Crippen LogP contribution in [0.3, 0.4) is 0 Å². The molecular formula is C26H19N5O2. The lowest BCUT2D eigenvalue weighted by Crippen LogP contribution is -2.29. The molecule has 33 heavy (non-hydrogen) atoms. The van der Waals surface area contributed by atoms with Gasteiger partial charge in [0, 0.05) is 35.7 Å². The number of nitrogens with one attached hydrogen (secondary N) is 1. The molecule has 1 atom stereocenters. The summed E-state index contributed by atoms with van der Waals surface area (Å²) in [5.41, 5.74) is 6.49. The molecule has 6 rings (SSSR count). The lowest BCUT2D eigenvalue weighted by molar-refractivity contribution is -0.119. The molecule has 0 saturated heterocycles. The molecule has 0 fully saturated rings. The van der Waals surface area contributed by atoms with Crippen LogP contribution in [0.25, 0.3) is 11.5 Å². The Hall–Kier alpha value is -4.39. The molecule has 0 unspecified atom stereocenters. The van der Waals surface area contributed by atoms with E-state index in [1.807, 2.05) is 79.0 Å². The van der Waals surface area contributed by atoms with E-state index in [4.69, 9.17) is 9.41 Å². The van der Waals surface area contributed by atoms with Crippen LogP contribution in [0.4, 0.5) is 11.7 Å². The second-order valence-electron chi connectivity index (χ2n) is 7.96. The van der Waals surface area contributed by atoms with Crippen molar-refractivity contribution in [2.45, 2.75) is 19.0 Å². The van der Waals surface area contributed by atoms with Crippen molar-refractivity contribution in [1.82, 2.24) is 10.2 Å². The first-order valence-corrected chi connectivity index (χ1v) is 10.7. The van der Waals surface area contributed by atoms with E-state index < -0.39 is 6.17 Å². The van der Waals surface area contributed by atoms with Crippen molar-refractivity contribution in [1.29, 1.82) is 0 Å². The molecule has 2 aliphatic heterocycles. The summed E-state index contributed by atoms with van der Waals surface area (Å²) >= 11 is 0. The van der Waals surface area contributed by atoms with Crippen molar-refractivity contribution in [3.8, 4) is 11.5 Å². The number of rotatable bonds is 4. The van der Waals surface area contributed by atoms with Crippen molar-refractivity contribution in [2.24, 2.45) is 9.98 Å². The Morgan fingerprint density at radius 1 is 0.879 bits per heavy atom. The molecule has 0 bridgehead atoms. The summed E-state index contributed by atoms with van der Waals surface area (Å²) in [4.78, 5) is 22.2. The molecular weight excluding hydrogens is 414 g/mol. The van der Waals surface area contributed by atoms with E-state index >= 15 is 0 Å². The van der Waals surface area contributed by atoms with Gasteiger partial charge in [0.1, 0.15) is 0 Å². The van der Waals surface area contributed by atoms with Gasteiger partial charge >= 0.3 is 6.01 Å². The number of hydrogen-bond donors (Lipinski definition) is 1. The Kier molecular flexibility index (Phi) is 4.65. The van der Waals surface area contributed by atoms with Crippen LogP contribution >= 0.6 is 0 Å². The van der Waals surface area contributed by atoms with E-state index in [1.54, 1.807) is 0 Å². The third kappa shape index (κ3) is 3.63. The number of ketones is 1. The summed E-state index contributed by atoms with van der Waals surface area (Å²) < 4.78 is 5.84. The van der Waals surface area contributed by atoms with Gasteiger partial charge in [-0.15, -0.1) is 5.10 Å². The van der Waals surface area contributed by atoms with Gasteiger partial charge in [0.25, 0.3) is 0 Å². The number of anilines is 1. The minimum atomic E-state index is -0.839. The van der Waals surface area contributed by atoms with E-state index in [1.165, 1.54) is 0 Å². The molecule has 3 heterocycles. The van der Waals surface area contributed by atoms with Gasteiger partial charge in [0.15, 0.2) is 11.9 Å². The maximum atomic E-state index is 13.1. The van der Waals surface area contributed by atoms with Crippen LogP contribution in [-0.2, 0) is 17.6 Å². The number of aliphatic imine (C=N–C) groups is 2. The molecule has 0 amide bonds. The second-order valence-corrected chi connectivity index (χ2v) is 7.96. The van der Waals surface area contributed by atoms with Crippen LogP contribution in [-0.4, -0.2) is 34.1 Å². The van der Waals surface area contributed by atoms with Crippen molar-refractivity contribution < 1.29 is 9.21 Å². The topological polar surface area (TPSA) is 92.7 Å². The van der Waals surface area contributed by atoms with Gasteiger partial charge in [-0.25, -0.2) is 0 Å². The Bertz CT molecular complexity index is 1420. The first kappa shape index (κ1) is 19.3. The maximum Gasteiger partial charge on any atom is 0.317 e. The van der Waals surface area contributed by atoms with Crippen molar-refractivity contribution in [2.75, 3.05) is 5.32 Å². The number of nitrogens with zero attached hydrogens (tertiary/aromatic N) is 4. The maximum absolute atomic E-state index is 13.1. The largest absolute Gasteiger partial charge is 0.403 e. The smallest absolute Gasteiger partial charge is 0.317 e. The van der Waals surface area contributed by atoms with Crippen LogP contribution in [0.15, 0.2) is 87.2 Å². The fourth-order valence-corrected chi connectivity index (χ4v) is 4.16. The van der Waals surface area contributed by atoms with Gasteiger partial charge < -0.3 is 9.73 Å². The molecule has 2 aliphatic rings. The third-order valence-electron chi connectivity index (χ3n) is 5.80. The normalized spacial score (nSPS) is 16.7. The molecule has 4 aromatic rings. The minimum absolute atomic E-state index is 0.0668. The second kappa shape index (κ2) is 7.94. The molecule has 7 nitrogen and oxygen atoms in total. The van der Waals surface area contributed by atoms with Crippen molar-refractivity contribution in [3.05, 3.63) is 95.1 Å². The molecule has 160 valence electrons. The SMILES string of the molecule is O=C1Cc2ccccc2C(c2ccccc2)=N[C@@H]1Nc1nnc(-c2ccc3c(c2)CC=N3)o1. The standard InChI is InChI=1S/C26H19N5O2/c32-22-15-17-8-4-5-9-20(17)23(16-6-2-1-3-7-16)28-24(22)29-26-31-30-25(33-26)19-10-11-21-18(14-19)12-13-27-21/h1-11,13-14,24H,12,15H2,(H,29,31)/t24-/m1/s1. The van der Waals surface area contributed by atoms with E-state index in [0.717, 1.165) is 45.6 Å². The average Bonchev–Trinajstić information content (AvgIpc) is 3.49. The fourth-order valence-electron chi connectivity index (χ4n) is 4.16. The predicted molar refractivity (Wildman–Crippen MR) is 126 cm³/mol. The number of aromatic nitrogens is 2. The van der Waals surface area contributed by atoms with Crippen molar-refractivity contribution in [3.63, 3.8) is 0 Å². The Morgan fingerprint density at radius 2 is 1.73 bits per heavy atom. The Labute approximate surface area is 189 Å². The van der Waals surface area contributed by atoms with Gasteiger partial charge in [0.2, 0.25) is 5.89 Å². The number of carbonyl (C=O) groups is 1. The van der Waals surface area contributed by atoms with Gasteiger partial charge in [-0.3, -0.25) is 14.8 Å².